The smallest absolute Gasteiger partial charge is 0.768 e. The molecule has 0 bridgehead atoms. The van der Waals surface area contributed by atoms with E-state index in [2.05, 4.69) is 0 Å². The van der Waals surface area contributed by atoms with Crippen molar-refractivity contribution in [3.05, 3.63) is 23.3 Å². The summed E-state index contributed by atoms with van der Waals surface area (Å²) < 4.78 is 21.1. The Hall–Kier alpha value is 0.130. The van der Waals surface area contributed by atoms with Crippen molar-refractivity contribution in [2.45, 2.75) is 18.7 Å². The van der Waals surface area contributed by atoms with Gasteiger partial charge in [0.05, 0.1) is 4.90 Å². The molecule has 1 N–H and O–H groups in total. The topological polar surface area (TPSA) is 60.4 Å². The quantitative estimate of drug-likeness (QED) is 0.440. The number of phenolic OH excluding ortho intramolecular Hbond substituents is 1. The van der Waals surface area contributed by atoms with Gasteiger partial charge in [-0.3, -0.25) is 4.21 Å². The SMILES string of the molecule is Cc1cc(C)c(O)c(S(=O)[O-])c1.[Na+]. The first-order valence-electron chi connectivity index (χ1n) is 3.42. The van der Waals surface area contributed by atoms with E-state index in [-0.39, 0.29) is 40.2 Å². The van der Waals surface area contributed by atoms with Gasteiger partial charge in [-0.25, -0.2) is 0 Å². The van der Waals surface area contributed by atoms with Crippen LogP contribution in [0.2, 0.25) is 0 Å². The number of rotatable bonds is 1. The summed E-state index contributed by atoms with van der Waals surface area (Å²) in [4.78, 5) is -0.0347. The standard InChI is InChI=1S/C8H10O3S.Na/c1-5-3-6(2)8(9)7(4-5)12(10)11;/h3-4,9H,1-2H3,(H,10,11);/q;+1/p-1. The van der Waals surface area contributed by atoms with Gasteiger partial charge >= 0.3 is 29.6 Å². The maximum absolute atomic E-state index is 10.6. The van der Waals surface area contributed by atoms with Gasteiger partial charge in [0, 0.05) is 0 Å². The molecular weight excluding hydrogens is 199 g/mol. The second-order valence-corrected chi connectivity index (χ2v) is 3.57. The molecule has 0 amide bonds. The van der Waals surface area contributed by atoms with Gasteiger partial charge in [-0.1, -0.05) is 6.07 Å². The number of hydrogen-bond acceptors (Lipinski definition) is 3. The Kier molecular flexibility index (Phi) is 5.17. The summed E-state index contributed by atoms with van der Waals surface area (Å²) in [6.07, 6.45) is 0. The first-order valence-corrected chi connectivity index (χ1v) is 4.49. The zero-order valence-corrected chi connectivity index (χ0v) is 10.6. The molecule has 1 rings (SSSR count). The monoisotopic (exact) mass is 208 g/mol. The molecule has 66 valence electrons. The van der Waals surface area contributed by atoms with Crippen molar-refractivity contribution in [2.75, 3.05) is 0 Å². The minimum Gasteiger partial charge on any atom is -0.768 e. The Balaban J connectivity index is 0.00000144. The number of phenols is 1. The molecule has 1 atom stereocenters. The van der Waals surface area contributed by atoms with Crippen molar-refractivity contribution in [3.8, 4) is 5.75 Å². The van der Waals surface area contributed by atoms with E-state index in [9.17, 15) is 13.9 Å². The van der Waals surface area contributed by atoms with Gasteiger partial charge < -0.3 is 9.66 Å². The molecule has 0 aliphatic rings. The zero-order valence-electron chi connectivity index (χ0n) is 7.83. The maximum atomic E-state index is 10.6. The summed E-state index contributed by atoms with van der Waals surface area (Å²) >= 11 is -2.36. The fourth-order valence-electron chi connectivity index (χ4n) is 1.05. The van der Waals surface area contributed by atoms with Crippen LogP contribution in [0.3, 0.4) is 0 Å². The summed E-state index contributed by atoms with van der Waals surface area (Å²) in [6.45, 7) is 3.45. The van der Waals surface area contributed by atoms with Crippen molar-refractivity contribution in [3.63, 3.8) is 0 Å². The van der Waals surface area contributed by atoms with Gasteiger partial charge in [0.2, 0.25) is 0 Å². The second-order valence-electron chi connectivity index (χ2n) is 2.66. The molecule has 1 aromatic rings. The minimum atomic E-state index is -2.36. The van der Waals surface area contributed by atoms with Gasteiger partial charge in [0.25, 0.3) is 0 Å². The fraction of sp³-hybridized carbons (Fsp3) is 0.250. The Labute approximate surface area is 102 Å². The number of aryl methyl sites for hydroxylation is 2. The van der Waals surface area contributed by atoms with E-state index in [1.54, 1.807) is 19.9 Å². The third kappa shape index (κ3) is 3.07. The van der Waals surface area contributed by atoms with Gasteiger partial charge in [-0.15, -0.1) is 0 Å². The Morgan fingerprint density at radius 1 is 1.38 bits per heavy atom. The van der Waals surface area contributed by atoms with Crippen molar-refractivity contribution < 1.29 is 43.4 Å². The summed E-state index contributed by atoms with van der Waals surface area (Å²) in [5, 5.41) is 9.30. The molecule has 0 saturated carbocycles. The van der Waals surface area contributed by atoms with Crippen LogP contribution in [0.1, 0.15) is 11.1 Å². The van der Waals surface area contributed by atoms with E-state index in [1.807, 2.05) is 0 Å². The predicted molar refractivity (Wildman–Crippen MR) is 44.8 cm³/mol. The van der Waals surface area contributed by atoms with E-state index in [0.29, 0.717) is 5.56 Å². The van der Waals surface area contributed by atoms with Crippen LogP contribution in [0.5, 0.6) is 5.75 Å². The molecule has 0 heterocycles. The van der Waals surface area contributed by atoms with E-state index in [0.717, 1.165) is 5.56 Å². The molecular formula is C8H9NaO3S. The van der Waals surface area contributed by atoms with Gasteiger partial charge in [-0.05, 0) is 42.1 Å². The molecule has 3 nitrogen and oxygen atoms in total. The van der Waals surface area contributed by atoms with Crippen LogP contribution in [0.15, 0.2) is 17.0 Å². The third-order valence-corrected chi connectivity index (χ3v) is 2.26. The van der Waals surface area contributed by atoms with E-state index < -0.39 is 11.1 Å². The molecule has 0 radical (unpaired) electrons. The van der Waals surface area contributed by atoms with Crippen LogP contribution in [-0.2, 0) is 11.1 Å². The van der Waals surface area contributed by atoms with Gasteiger partial charge in [0.15, 0.2) is 0 Å². The van der Waals surface area contributed by atoms with Crippen molar-refractivity contribution in [1.82, 2.24) is 0 Å². The van der Waals surface area contributed by atoms with Crippen molar-refractivity contribution in [2.24, 2.45) is 0 Å². The first-order chi connectivity index (χ1) is 5.52. The molecule has 0 saturated heterocycles. The normalized spacial score (nSPS) is 11.9. The van der Waals surface area contributed by atoms with Gasteiger partial charge in [-0.2, -0.15) is 0 Å². The molecule has 13 heavy (non-hydrogen) atoms. The third-order valence-electron chi connectivity index (χ3n) is 1.59. The average molecular weight is 208 g/mol. The van der Waals surface area contributed by atoms with Crippen LogP contribution in [0, 0.1) is 13.8 Å². The van der Waals surface area contributed by atoms with Crippen LogP contribution in [0.25, 0.3) is 0 Å². The van der Waals surface area contributed by atoms with Crippen LogP contribution < -0.4 is 29.6 Å². The molecule has 0 aliphatic carbocycles. The van der Waals surface area contributed by atoms with Crippen LogP contribution in [0.4, 0.5) is 0 Å². The molecule has 0 aliphatic heterocycles. The largest absolute Gasteiger partial charge is 1.00 e. The number of benzene rings is 1. The molecule has 1 aromatic carbocycles. The van der Waals surface area contributed by atoms with E-state index in [1.165, 1.54) is 6.07 Å². The fourth-order valence-corrected chi connectivity index (χ4v) is 1.65. The van der Waals surface area contributed by atoms with Gasteiger partial charge in [0.1, 0.15) is 5.75 Å². The van der Waals surface area contributed by atoms with E-state index >= 15 is 0 Å². The van der Waals surface area contributed by atoms with Crippen LogP contribution >= 0.6 is 0 Å². The van der Waals surface area contributed by atoms with Crippen molar-refractivity contribution >= 4 is 11.1 Å². The first kappa shape index (κ1) is 13.1. The molecule has 5 heteroatoms. The summed E-state index contributed by atoms with van der Waals surface area (Å²) in [6, 6.07) is 3.16. The van der Waals surface area contributed by atoms with E-state index in [4.69, 9.17) is 0 Å². The maximum Gasteiger partial charge on any atom is 1.00 e. The zero-order chi connectivity index (χ0) is 9.30. The summed E-state index contributed by atoms with van der Waals surface area (Å²) in [5.41, 5.74) is 1.40. The average Bonchev–Trinajstić information content (AvgIpc) is 1.96. The molecule has 0 aromatic heterocycles. The minimum absolute atomic E-state index is 0. The Morgan fingerprint density at radius 2 is 1.92 bits per heavy atom. The predicted octanol–water partition coefficient (Wildman–Crippen LogP) is -1.75. The molecule has 0 spiro atoms. The second kappa shape index (κ2) is 5.12. The summed E-state index contributed by atoms with van der Waals surface area (Å²) in [7, 11) is 0. The van der Waals surface area contributed by atoms with Crippen LogP contribution in [-0.4, -0.2) is 13.9 Å². The molecule has 0 fully saturated rings. The van der Waals surface area contributed by atoms with Crippen molar-refractivity contribution in [1.29, 1.82) is 0 Å². The Bertz CT molecular complexity index is 338. The number of hydrogen-bond donors (Lipinski definition) is 1. The Morgan fingerprint density at radius 3 is 2.38 bits per heavy atom. The number of aromatic hydroxyl groups is 1. The summed E-state index contributed by atoms with van der Waals surface area (Å²) in [5.74, 6) is -0.158. The molecule has 1 unspecified atom stereocenters.